The molecule has 0 radical (unpaired) electrons. The molecule has 0 saturated carbocycles. The molecular weight excluding hydrogens is 398 g/mol. The van der Waals surface area contributed by atoms with Crippen molar-refractivity contribution < 1.29 is 4.74 Å². The van der Waals surface area contributed by atoms with Crippen LogP contribution in [0.2, 0.25) is 0 Å². The van der Waals surface area contributed by atoms with Crippen molar-refractivity contribution in [3.05, 3.63) is 95.3 Å². The van der Waals surface area contributed by atoms with E-state index >= 15 is 0 Å². The summed E-state index contributed by atoms with van der Waals surface area (Å²) in [6.45, 7) is 1.57. The first kappa shape index (κ1) is 19.9. The van der Waals surface area contributed by atoms with Gasteiger partial charge in [-0.2, -0.15) is 0 Å². The lowest BCUT2D eigenvalue weighted by molar-refractivity contribution is 0.313. The van der Waals surface area contributed by atoms with E-state index in [-0.39, 0.29) is 5.56 Å². The molecule has 0 aliphatic heterocycles. The number of aromatic nitrogens is 2. The second kappa shape index (κ2) is 8.63. The average molecular weight is 424 g/mol. The van der Waals surface area contributed by atoms with E-state index in [0.29, 0.717) is 12.2 Å². The van der Waals surface area contributed by atoms with E-state index in [4.69, 9.17) is 4.74 Å². The minimum atomic E-state index is -0.103. The largest absolute Gasteiger partial charge is 0.494 e. The standard InChI is InChI=1S/C27H25N3O2/c1-30(21-9-3-2-4-10-21)14-7-15-32-22-12-13-25-20(16-22)18-26(28-25)23-17-19-8-5-6-11-24(19)29-27(23)31/h2-6,8-13,16-18,28H,7,14-15H2,1H3,(H,29,31). The number of nitrogens with one attached hydrogen (secondary N) is 2. The van der Waals surface area contributed by atoms with E-state index in [2.05, 4.69) is 46.2 Å². The van der Waals surface area contributed by atoms with Gasteiger partial charge >= 0.3 is 0 Å². The topological polar surface area (TPSA) is 61.1 Å². The zero-order chi connectivity index (χ0) is 21.9. The maximum atomic E-state index is 12.6. The van der Waals surface area contributed by atoms with Crippen molar-refractivity contribution >= 4 is 27.5 Å². The van der Waals surface area contributed by atoms with Crippen molar-refractivity contribution in [1.29, 1.82) is 0 Å². The van der Waals surface area contributed by atoms with Crippen molar-refractivity contribution in [1.82, 2.24) is 9.97 Å². The summed E-state index contributed by atoms with van der Waals surface area (Å²) in [5.74, 6) is 0.831. The molecular formula is C27H25N3O2. The second-order valence-electron chi connectivity index (χ2n) is 7.99. The number of ether oxygens (including phenoxy) is 1. The van der Waals surface area contributed by atoms with Gasteiger partial charge in [0.25, 0.3) is 5.56 Å². The summed E-state index contributed by atoms with van der Waals surface area (Å²) in [5, 5.41) is 2.02. The Morgan fingerprint density at radius 1 is 0.812 bits per heavy atom. The Morgan fingerprint density at radius 3 is 2.47 bits per heavy atom. The van der Waals surface area contributed by atoms with Gasteiger partial charge in [0.1, 0.15) is 5.75 Å². The van der Waals surface area contributed by atoms with Crippen molar-refractivity contribution in [2.24, 2.45) is 0 Å². The van der Waals surface area contributed by atoms with Crippen LogP contribution in [0, 0.1) is 0 Å². The summed E-state index contributed by atoms with van der Waals surface area (Å²) in [4.78, 5) is 21.2. The van der Waals surface area contributed by atoms with Gasteiger partial charge in [-0.3, -0.25) is 4.79 Å². The molecule has 0 bridgehead atoms. The maximum Gasteiger partial charge on any atom is 0.257 e. The molecule has 0 unspecified atom stereocenters. The molecule has 3 aromatic carbocycles. The van der Waals surface area contributed by atoms with Crippen LogP contribution in [0.3, 0.4) is 0 Å². The van der Waals surface area contributed by atoms with Crippen molar-refractivity contribution in [3.63, 3.8) is 0 Å². The number of hydrogen-bond donors (Lipinski definition) is 2. The Labute approximate surface area is 186 Å². The third-order valence-corrected chi connectivity index (χ3v) is 5.74. The molecule has 32 heavy (non-hydrogen) atoms. The van der Waals surface area contributed by atoms with Gasteiger partial charge in [0, 0.05) is 35.7 Å². The van der Waals surface area contributed by atoms with Crippen molar-refractivity contribution in [2.75, 3.05) is 25.1 Å². The molecule has 0 saturated heterocycles. The lowest BCUT2D eigenvalue weighted by atomic mass is 10.1. The molecule has 2 N–H and O–H groups in total. The van der Waals surface area contributed by atoms with Crippen LogP contribution in [-0.4, -0.2) is 30.2 Å². The zero-order valence-corrected chi connectivity index (χ0v) is 18.0. The quantitative estimate of drug-likeness (QED) is 0.336. The Hall–Kier alpha value is -3.99. The van der Waals surface area contributed by atoms with Gasteiger partial charge in [0.2, 0.25) is 0 Å². The van der Waals surface area contributed by atoms with E-state index in [9.17, 15) is 4.79 Å². The smallest absolute Gasteiger partial charge is 0.257 e. The molecule has 160 valence electrons. The minimum absolute atomic E-state index is 0.103. The van der Waals surface area contributed by atoms with Gasteiger partial charge in [-0.1, -0.05) is 36.4 Å². The van der Waals surface area contributed by atoms with Gasteiger partial charge in [0.15, 0.2) is 0 Å². The first-order valence-electron chi connectivity index (χ1n) is 10.8. The van der Waals surface area contributed by atoms with Gasteiger partial charge < -0.3 is 19.6 Å². The van der Waals surface area contributed by atoms with Crippen LogP contribution in [-0.2, 0) is 0 Å². The van der Waals surface area contributed by atoms with Crippen LogP contribution in [0.1, 0.15) is 6.42 Å². The maximum absolute atomic E-state index is 12.6. The lowest BCUT2D eigenvalue weighted by Crippen LogP contribution is -2.20. The number of nitrogens with zero attached hydrogens (tertiary/aromatic N) is 1. The molecule has 5 rings (SSSR count). The number of fused-ring (bicyclic) bond motifs is 2. The van der Waals surface area contributed by atoms with E-state index < -0.39 is 0 Å². The third-order valence-electron chi connectivity index (χ3n) is 5.74. The van der Waals surface area contributed by atoms with Crippen LogP contribution >= 0.6 is 0 Å². The number of aromatic amines is 2. The van der Waals surface area contributed by atoms with Gasteiger partial charge in [-0.15, -0.1) is 0 Å². The normalized spacial score (nSPS) is 11.2. The summed E-state index contributed by atoms with van der Waals surface area (Å²) in [5.41, 5.74) is 4.35. The van der Waals surface area contributed by atoms with Gasteiger partial charge in [-0.05, 0) is 60.3 Å². The van der Waals surface area contributed by atoms with Crippen LogP contribution in [0.5, 0.6) is 5.75 Å². The molecule has 5 aromatic rings. The number of para-hydroxylation sites is 2. The van der Waals surface area contributed by atoms with Crippen LogP contribution in [0.15, 0.2) is 89.7 Å². The minimum Gasteiger partial charge on any atom is -0.494 e. The fourth-order valence-electron chi connectivity index (χ4n) is 4.00. The summed E-state index contributed by atoms with van der Waals surface area (Å²) in [7, 11) is 2.09. The predicted molar refractivity (Wildman–Crippen MR) is 132 cm³/mol. The Morgan fingerprint density at radius 2 is 1.59 bits per heavy atom. The summed E-state index contributed by atoms with van der Waals surface area (Å²) in [6.07, 6.45) is 0.925. The number of anilines is 1. The summed E-state index contributed by atoms with van der Waals surface area (Å²) < 4.78 is 5.99. The summed E-state index contributed by atoms with van der Waals surface area (Å²) >= 11 is 0. The van der Waals surface area contributed by atoms with E-state index in [0.717, 1.165) is 46.2 Å². The molecule has 0 aliphatic carbocycles. The molecule has 2 heterocycles. The highest BCUT2D eigenvalue weighted by Gasteiger charge is 2.10. The van der Waals surface area contributed by atoms with Crippen LogP contribution in [0.4, 0.5) is 5.69 Å². The number of H-pyrrole nitrogens is 2. The van der Waals surface area contributed by atoms with Crippen molar-refractivity contribution in [3.8, 4) is 17.0 Å². The van der Waals surface area contributed by atoms with Gasteiger partial charge in [-0.25, -0.2) is 0 Å². The van der Waals surface area contributed by atoms with Gasteiger partial charge in [0.05, 0.1) is 17.9 Å². The number of rotatable bonds is 7. The SMILES string of the molecule is CN(CCCOc1ccc2[nH]c(-c3cc4ccccc4[nH]c3=O)cc2c1)c1ccccc1. The van der Waals surface area contributed by atoms with E-state index in [1.165, 1.54) is 5.69 Å². The highest BCUT2D eigenvalue weighted by molar-refractivity contribution is 5.89. The Balaban J connectivity index is 1.28. The second-order valence-corrected chi connectivity index (χ2v) is 7.99. The molecule has 5 nitrogen and oxygen atoms in total. The Bertz CT molecular complexity index is 1420. The first-order chi connectivity index (χ1) is 15.7. The first-order valence-corrected chi connectivity index (χ1v) is 10.8. The zero-order valence-electron chi connectivity index (χ0n) is 18.0. The number of benzene rings is 3. The molecule has 0 aliphatic rings. The highest BCUT2D eigenvalue weighted by Crippen LogP contribution is 2.27. The summed E-state index contributed by atoms with van der Waals surface area (Å²) in [6, 6.07) is 28.1. The highest BCUT2D eigenvalue weighted by atomic mass is 16.5. The fourth-order valence-corrected chi connectivity index (χ4v) is 4.00. The predicted octanol–water partition coefficient (Wildman–Crippen LogP) is 5.58. The van der Waals surface area contributed by atoms with Crippen LogP contribution in [0.25, 0.3) is 33.1 Å². The monoisotopic (exact) mass is 423 g/mol. The third kappa shape index (κ3) is 4.10. The lowest BCUT2D eigenvalue weighted by Gasteiger charge is -2.19. The van der Waals surface area contributed by atoms with Crippen LogP contribution < -0.4 is 15.2 Å². The van der Waals surface area contributed by atoms with E-state index in [1.54, 1.807) is 0 Å². The average Bonchev–Trinajstić information content (AvgIpc) is 3.25. The fraction of sp³-hybridized carbons (Fsp3) is 0.148. The molecule has 5 heteroatoms. The number of pyridine rings is 1. The van der Waals surface area contributed by atoms with E-state index in [1.807, 2.05) is 60.7 Å². The molecule has 0 amide bonds. The number of hydrogen-bond acceptors (Lipinski definition) is 3. The Kier molecular flexibility index (Phi) is 5.38. The molecule has 0 spiro atoms. The molecule has 0 atom stereocenters. The molecule has 0 fully saturated rings. The van der Waals surface area contributed by atoms with Crippen molar-refractivity contribution in [2.45, 2.75) is 6.42 Å². The molecule has 2 aromatic heterocycles.